The zero-order chi connectivity index (χ0) is 16.7. The fraction of sp³-hybridized carbons (Fsp3) is 0.250. The molecule has 1 saturated carbocycles. The third kappa shape index (κ3) is 2.48. The van der Waals surface area contributed by atoms with Crippen molar-refractivity contribution >= 4 is 16.8 Å². The Morgan fingerprint density at radius 1 is 1.21 bits per heavy atom. The van der Waals surface area contributed by atoms with Crippen molar-refractivity contribution in [3.63, 3.8) is 0 Å². The lowest BCUT2D eigenvalue weighted by Gasteiger charge is -2.17. The second-order valence-corrected chi connectivity index (χ2v) is 6.64. The van der Waals surface area contributed by atoms with E-state index < -0.39 is 5.82 Å². The number of carbonyl (C=O) groups is 1. The lowest BCUT2D eigenvalue weighted by molar-refractivity contribution is 0.0949. The summed E-state index contributed by atoms with van der Waals surface area (Å²) in [5, 5.41) is 4.22. The lowest BCUT2D eigenvalue weighted by Crippen LogP contribution is -2.32. The number of rotatable bonds is 4. The molecule has 0 spiro atoms. The molecule has 3 nitrogen and oxygen atoms in total. The van der Waals surface area contributed by atoms with Gasteiger partial charge in [0, 0.05) is 34.1 Å². The average Bonchev–Trinajstić information content (AvgIpc) is 3.27. The standard InChI is InChI=1S/C20H19FN2O/c1-13-18(16-7-2-3-8-17(16)23-13)20(9-10-20)12-22-19(24)14-5-4-6-15(21)11-14/h2-8,11,23H,9-10,12H2,1H3,(H,22,24). The number of benzene rings is 2. The minimum absolute atomic E-state index is 0.00727. The Morgan fingerprint density at radius 3 is 2.75 bits per heavy atom. The highest BCUT2D eigenvalue weighted by Gasteiger charge is 2.46. The van der Waals surface area contributed by atoms with Crippen LogP contribution in [0.5, 0.6) is 0 Å². The van der Waals surface area contributed by atoms with E-state index >= 15 is 0 Å². The van der Waals surface area contributed by atoms with Gasteiger partial charge in [0.15, 0.2) is 0 Å². The molecule has 2 N–H and O–H groups in total. The average molecular weight is 322 g/mol. The van der Waals surface area contributed by atoms with Gasteiger partial charge in [0.1, 0.15) is 5.82 Å². The van der Waals surface area contributed by atoms with Gasteiger partial charge in [-0.2, -0.15) is 0 Å². The maximum atomic E-state index is 13.3. The van der Waals surface area contributed by atoms with Crippen LogP contribution in [-0.2, 0) is 5.41 Å². The summed E-state index contributed by atoms with van der Waals surface area (Å²) in [4.78, 5) is 15.7. The molecule has 0 aliphatic heterocycles. The summed E-state index contributed by atoms with van der Waals surface area (Å²) in [6, 6.07) is 14.1. The Kier molecular flexibility index (Phi) is 3.41. The molecule has 0 unspecified atom stereocenters. The normalized spacial score (nSPS) is 15.4. The molecule has 1 amide bonds. The molecule has 0 bridgehead atoms. The van der Waals surface area contributed by atoms with Crippen molar-refractivity contribution in [2.24, 2.45) is 0 Å². The van der Waals surface area contributed by atoms with Crippen LogP contribution in [0.1, 0.15) is 34.5 Å². The highest BCUT2D eigenvalue weighted by Crippen LogP contribution is 2.51. The van der Waals surface area contributed by atoms with Crippen LogP contribution < -0.4 is 5.32 Å². The van der Waals surface area contributed by atoms with E-state index in [4.69, 9.17) is 0 Å². The van der Waals surface area contributed by atoms with Gasteiger partial charge in [-0.25, -0.2) is 4.39 Å². The van der Waals surface area contributed by atoms with Crippen LogP contribution in [-0.4, -0.2) is 17.4 Å². The number of hydrogen-bond donors (Lipinski definition) is 2. The minimum Gasteiger partial charge on any atom is -0.358 e. The second-order valence-electron chi connectivity index (χ2n) is 6.64. The highest BCUT2D eigenvalue weighted by molar-refractivity contribution is 5.94. The number of para-hydroxylation sites is 1. The van der Waals surface area contributed by atoms with Crippen molar-refractivity contribution in [3.05, 3.63) is 71.2 Å². The summed E-state index contributed by atoms with van der Waals surface area (Å²) in [7, 11) is 0. The van der Waals surface area contributed by atoms with Gasteiger partial charge in [-0.05, 0) is 49.6 Å². The monoisotopic (exact) mass is 322 g/mol. The van der Waals surface area contributed by atoms with E-state index in [1.165, 1.54) is 23.1 Å². The van der Waals surface area contributed by atoms with Crippen LogP contribution in [0.25, 0.3) is 10.9 Å². The third-order valence-corrected chi connectivity index (χ3v) is 4.95. The summed E-state index contributed by atoms with van der Waals surface area (Å²) < 4.78 is 13.3. The number of nitrogens with one attached hydrogen (secondary N) is 2. The number of aromatic amines is 1. The van der Waals surface area contributed by atoms with Gasteiger partial charge in [-0.15, -0.1) is 0 Å². The zero-order valence-corrected chi connectivity index (χ0v) is 13.5. The van der Waals surface area contributed by atoms with Crippen LogP contribution in [0.2, 0.25) is 0 Å². The molecular weight excluding hydrogens is 303 g/mol. The van der Waals surface area contributed by atoms with Crippen LogP contribution >= 0.6 is 0 Å². The Balaban J connectivity index is 1.58. The number of fused-ring (bicyclic) bond motifs is 1. The number of aryl methyl sites for hydroxylation is 1. The number of H-pyrrole nitrogens is 1. The highest BCUT2D eigenvalue weighted by atomic mass is 19.1. The van der Waals surface area contributed by atoms with Crippen LogP contribution in [0.3, 0.4) is 0 Å². The quantitative estimate of drug-likeness (QED) is 0.747. The number of amides is 1. The van der Waals surface area contributed by atoms with Gasteiger partial charge in [0.25, 0.3) is 5.91 Å². The molecule has 122 valence electrons. The molecule has 1 aliphatic carbocycles. The zero-order valence-electron chi connectivity index (χ0n) is 13.5. The molecule has 4 rings (SSSR count). The van der Waals surface area contributed by atoms with E-state index in [2.05, 4.69) is 29.4 Å². The van der Waals surface area contributed by atoms with Crippen LogP contribution in [0.15, 0.2) is 48.5 Å². The molecular formula is C20H19FN2O. The molecule has 0 saturated heterocycles. The molecule has 1 aromatic heterocycles. The van der Waals surface area contributed by atoms with Crippen molar-refractivity contribution in [2.75, 3.05) is 6.54 Å². The molecule has 3 aromatic rings. The number of aromatic nitrogens is 1. The van der Waals surface area contributed by atoms with E-state index in [1.807, 2.05) is 12.1 Å². The topological polar surface area (TPSA) is 44.9 Å². The van der Waals surface area contributed by atoms with Gasteiger partial charge in [0.2, 0.25) is 0 Å². The summed E-state index contributed by atoms with van der Waals surface area (Å²) in [5.74, 6) is -0.616. The second kappa shape index (κ2) is 5.48. The van der Waals surface area contributed by atoms with Gasteiger partial charge < -0.3 is 10.3 Å². The van der Waals surface area contributed by atoms with Crippen molar-refractivity contribution in [1.82, 2.24) is 10.3 Å². The van der Waals surface area contributed by atoms with Crippen LogP contribution in [0, 0.1) is 12.7 Å². The number of hydrogen-bond acceptors (Lipinski definition) is 1. The van der Waals surface area contributed by atoms with Gasteiger partial charge in [-0.3, -0.25) is 4.79 Å². The van der Waals surface area contributed by atoms with Gasteiger partial charge in [-0.1, -0.05) is 24.3 Å². The summed E-state index contributed by atoms with van der Waals surface area (Å²) in [6.07, 6.45) is 2.11. The maximum absolute atomic E-state index is 13.3. The molecule has 24 heavy (non-hydrogen) atoms. The molecule has 0 radical (unpaired) electrons. The van der Waals surface area contributed by atoms with Gasteiger partial charge >= 0.3 is 0 Å². The Morgan fingerprint density at radius 2 is 2.00 bits per heavy atom. The van der Waals surface area contributed by atoms with Crippen molar-refractivity contribution < 1.29 is 9.18 Å². The summed E-state index contributed by atoms with van der Waals surface area (Å²) in [6.45, 7) is 2.66. The van der Waals surface area contributed by atoms with E-state index in [0.717, 1.165) is 24.1 Å². The minimum atomic E-state index is -0.392. The Hall–Kier alpha value is -2.62. The Labute approximate surface area is 139 Å². The first-order valence-corrected chi connectivity index (χ1v) is 8.21. The number of halogens is 1. The van der Waals surface area contributed by atoms with E-state index in [1.54, 1.807) is 12.1 Å². The van der Waals surface area contributed by atoms with Crippen LogP contribution in [0.4, 0.5) is 4.39 Å². The lowest BCUT2D eigenvalue weighted by atomic mass is 9.93. The van der Waals surface area contributed by atoms with Crippen molar-refractivity contribution in [1.29, 1.82) is 0 Å². The molecule has 1 fully saturated rings. The van der Waals surface area contributed by atoms with Crippen molar-refractivity contribution in [2.45, 2.75) is 25.2 Å². The molecule has 2 aromatic carbocycles. The van der Waals surface area contributed by atoms with E-state index in [0.29, 0.717) is 12.1 Å². The predicted octanol–water partition coefficient (Wildman–Crippen LogP) is 4.08. The fourth-order valence-electron chi connectivity index (χ4n) is 3.61. The first-order valence-electron chi connectivity index (χ1n) is 8.21. The third-order valence-electron chi connectivity index (χ3n) is 4.95. The largest absolute Gasteiger partial charge is 0.358 e. The molecule has 4 heteroatoms. The first-order chi connectivity index (χ1) is 11.6. The van der Waals surface area contributed by atoms with Crippen molar-refractivity contribution in [3.8, 4) is 0 Å². The fourth-order valence-corrected chi connectivity index (χ4v) is 3.61. The summed E-state index contributed by atoms with van der Waals surface area (Å²) >= 11 is 0. The predicted molar refractivity (Wildman–Crippen MR) is 92.7 cm³/mol. The molecule has 0 atom stereocenters. The van der Waals surface area contributed by atoms with E-state index in [9.17, 15) is 9.18 Å². The molecule has 1 aliphatic rings. The molecule has 1 heterocycles. The first kappa shape index (κ1) is 14.9. The van der Waals surface area contributed by atoms with Gasteiger partial charge in [0.05, 0.1) is 0 Å². The summed E-state index contributed by atoms with van der Waals surface area (Å²) in [5.41, 5.74) is 3.95. The number of carbonyl (C=O) groups excluding carboxylic acids is 1. The smallest absolute Gasteiger partial charge is 0.251 e. The van der Waals surface area contributed by atoms with E-state index in [-0.39, 0.29) is 11.3 Å². The Bertz CT molecular complexity index is 924. The maximum Gasteiger partial charge on any atom is 0.251 e. The SMILES string of the molecule is Cc1[nH]c2ccccc2c1C1(CNC(=O)c2cccc(F)c2)CC1.